The number of carbonyl (C=O) groups excluding carboxylic acids is 1. The lowest BCUT2D eigenvalue weighted by atomic mass is 10.2. The van der Waals surface area contributed by atoms with E-state index in [0.29, 0.717) is 17.2 Å². The molecule has 7 nitrogen and oxygen atoms in total. The number of anilines is 1. The fraction of sp³-hybridized carbons (Fsp3) is 0.615. The van der Waals surface area contributed by atoms with Crippen molar-refractivity contribution < 1.29 is 9.53 Å². The van der Waals surface area contributed by atoms with E-state index in [4.69, 9.17) is 0 Å². The highest BCUT2D eigenvalue weighted by molar-refractivity contribution is 5.72. The Bertz CT molecular complexity index is 547. The Morgan fingerprint density at radius 3 is 2.55 bits per heavy atom. The van der Waals surface area contributed by atoms with Crippen molar-refractivity contribution in [3.05, 3.63) is 21.6 Å². The Hall–Kier alpha value is -1.89. The Labute approximate surface area is 117 Å². The second kappa shape index (κ2) is 6.04. The van der Waals surface area contributed by atoms with Gasteiger partial charge in [-0.3, -0.25) is 14.6 Å². The van der Waals surface area contributed by atoms with Crippen LogP contribution in [0.4, 0.5) is 5.95 Å². The van der Waals surface area contributed by atoms with Gasteiger partial charge in [0.15, 0.2) is 0 Å². The fourth-order valence-corrected chi connectivity index (χ4v) is 2.19. The molecular formula is C13H20N4O3. The molecule has 1 aromatic heterocycles. The Kier molecular flexibility index (Phi) is 4.39. The van der Waals surface area contributed by atoms with Crippen molar-refractivity contribution in [1.82, 2.24) is 14.9 Å². The van der Waals surface area contributed by atoms with E-state index >= 15 is 0 Å². The summed E-state index contributed by atoms with van der Waals surface area (Å²) in [6.07, 6.45) is -0.0479. The Morgan fingerprint density at radius 2 is 2.00 bits per heavy atom. The molecule has 0 spiro atoms. The molecule has 0 unspecified atom stereocenters. The molecule has 0 saturated carbocycles. The van der Waals surface area contributed by atoms with Gasteiger partial charge in [-0.15, -0.1) is 0 Å². The molecule has 2 heterocycles. The van der Waals surface area contributed by atoms with Gasteiger partial charge in [0, 0.05) is 31.7 Å². The summed E-state index contributed by atoms with van der Waals surface area (Å²) in [5.74, 6) is 0.141. The number of aryl methyl sites for hydroxylation is 1. The predicted molar refractivity (Wildman–Crippen MR) is 75.0 cm³/mol. The van der Waals surface area contributed by atoms with Crippen molar-refractivity contribution in [3.8, 4) is 0 Å². The molecule has 1 aliphatic rings. The molecule has 0 atom stereocenters. The number of aromatic nitrogens is 2. The number of esters is 1. The lowest BCUT2D eigenvalue weighted by Gasteiger charge is -2.32. The monoisotopic (exact) mass is 280 g/mol. The van der Waals surface area contributed by atoms with E-state index in [1.54, 1.807) is 6.92 Å². The molecule has 0 bridgehead atoms. The summed E-state index contributed by atoms with van der Waals surface area (Å²) in [7, 11) is 3.37. The highest BCUT2D eigenvalue weighted by Gasteiger charge is 2.19. The predicted octanol–water partition coefficient (Wildman–Crippen LogP) is -0.454. The number of likely N-dealkylation sites (N-methyl/N-ethyl adjacent to an activating group) is 1. The summed E-state index contributed by atoms with van der Waals surface area (Å²) in [4.78, 5) is 34.8. The average molecular weight is 280 g/mol. The summed E-state index contributed by atoms with van der Waals surface area (Å²) in [5.41, 5.74) is 0.680. The van der Waals surface area contributed by atoms with Gasteiger partial charge in [0.25, 0.3) is 5.56 Å². The van der Waals surface area contributed by atoms with Gasteiger partial charge >= 0.3 is 5.97 Å². The number of hydrogen-bond donors (Lipinski definition) is 1. The van der Waals surface area contributed by atoms with E-state index in [1.165, 1.54) is 7.11 Å². The van der Waals surface area contributed by atoms with Crippen LogP contribution in [-0.2, 0) is 16.0 Å². The summed E-state index contributed by atoms with van der Waals surface area (Å²) in [5, 5.41) is 0. The summed E-state index contributed by atoms with van der Waals surface area (Å²) in [6, 6.07) is 0. The zero-order valence-electron chi connectivity index (χ0n) is 12.1. The molecule has 1 saturated heterocycles. The Balaban J connectivity index is 2.21. The highest BCUT2D eigenvalue weighted by Crippen LogP contribution is 2.11. The van der Waals surface area contributed by atoms with Crippen molar-refractivity contribution in [2.45, 2.75) is 13.3 Å². The summed E-state index contributed by atoms with van der Waals surface area (Å²) >= 11 is 0. The van der Waals surface area contributed by atoms with Gasteiger partial charge in [0.2, 0.25) is 5.95 Å². The number of rotatable bonds is 3. The number of hydrogen-bond acceptors (Lipinski definition) is 6. The van der Waals surface area contributed by atoms with Crippen LogP contribution in [0.1, 0.15) is 11.3 Å². The maximum Gasteiger partial charge on any atom is 0.310 e. The number of piperazine rings is 1. The topological polar surface area (TPSA) is 78.5 Å². The molecular weight excluding hydrogens is 260 g/mol. The van der Waals surface area contributed by atoms with Gasteiger partial charge in [-0.05, 0) is 14.0 Å². The molecule has 20 heavy (non-hydrogen) atoms. The highest BCUT2D eigenvalue weighted by atomic mass is 16.5. The van der Waals surface area contributed by atoms with Crippen LogP contribution >= 0.6 is 0 Å². The molecule has 110 valence electrons. The molecule has 1 aromatic rings. The van der Waals surface area contributed by atoms with Crippen LogP contribution in [0.25, 0.3) is 0 Å². The van der Waals surface area contributed by atoms with Gasteiger partial charge in [-0.1, -0.05) is 0 Å². The van der Waals surface area contributed by atoms with Crippen molar-refractivity contribution in [2.24, 2.45) is 0 Å². The van der Waals surface area contributed by atoms with E-state index in [9.17, 15) is 9.59 Å². The van der Waals surface area contributed by atoms with Gasteiger partial charge in [-0.2, -0.15) is 0 Å². The quantitative estimate of drug-likeness (QED) is 0.755. The maximum atomic E-state index is 12.1. The third kappa shape index (κ3) is 3.16. The summed E-state index contributed by atoms with van der Waals surface area (Å²) < 4.78 is 4.59. The van der Waals surface area contributed by atoms with Crippen molar-refractivity contribution >= 4 is 11.9 Å². The minimum Gasteiger partial charge on any atom is -0.469 e. The SMILES string of the molecule is COC(=O)Cc1c(C)nc(N2CCN(C)CC2)[nH]c1=O. The molecule has 0 radical (unpaired) electrons. The lowest BCUT2D eigenvalue weighted by molar-refractivity contribution is -0.139. The first-order valence-electron chi connectivity index (χ1n) is 6.61. The zero-order chi connectivity index (χ0) is 14.7. The molecule has 1 N–H and O–H groups in total. The van der Waals surface area contributed by atoms with E-state index in [-0.39, 0.29) is 12.0 Å². The normalized spacial score (nSPS) is 16.2. The zero-order valence-corrected chi connectivity index (χ0v) is 12.1. The van der Waals surface area contributed by atoms with E-state index in [1.807, 2.05) is 0 Å². The van der Waals surface area contributed by atoms with Crippen LogP contribution in [0.15, 0.2) is 4.79 Å². The lowest BCUT2D eigenvalue weighted by Crippen LogP contribution is -2.45. The average Bonchev–Trinajstić information content (AvgIpc) is 2.43. The number of ether oxygens (including phenoxy) is 1. The number of H-pyrrole nitrogens is 1. The second-order valence-electron chi connectivity index (χ2n) is 5.00. The summed E-state index contributed by atoms with van der Waals surface area (Å²) in [6.45, 7) is 5.27. The molecule has 7 heteroatoms. The minimum atomic E-state index is -0.437. The van der Waals surface area contributed by atoms with Crippen LogP contribution in [0.2, 0.25) is 0 Å². The number of aromatic amines is 1. The number of carbonyl (C=O) groups is 1. The van der Waals surface area contributed by atoms with Crippen LogP contribution < -0.4 is 10.5 Å². The largest absolute Gasteiger partial charge is 0.469 e. The van der Waals surface area contributed by atoms with Crippen LogP contribution in [-0.4, -0.2) is 61.2 Å². The van der Waals surface area contributed by atoms with E-state index in [2.05, 4.69) is 31.6 Å². The number of methoxy groups -OCH3 is 1. The maximum absolute atomic E-state index is 12.1. The van der Waals surface area contributed by atoms with Gasteiger partial charge in [-0.25, -0.2) is 4.98 Å². The smallest absolute Gasteiger partial charge is 0.310 e. The third-order valence-electron chi connectivity index (χ3n) is 3.56. The first-order valence-corrected chi connectivity index (χ1v) is 6.61. The molecule has 2 rings (SSSR count). The van der Waals surface area contributed by atoms with E-state index < -0.39 is 5.97 Å². The Morgan fingerprint density at radius 1 is 1.35 bits per heavy atom. The number of nitrogens with one attached hydrogen (secondary N) is 1. The minimum absolute atomic E-state index is 0.0479. The standard InChI is InChI=1S/C13H20N4O3/c1-9-10(8-11(18)20-3)12(19)15-13(14-9)17-6-4-16(2)5-7-17/h4-8H2,1-3H3,(H,14,15,19). The van der Waals surface area contributed by atoms with Crippen molar-refractivity contribution in [1.29, 1.82) is 0 Å². The van der Waals surface area contributed by atoms with Gasteiger partial charge in [0.1, 0.15) is 0 Å². The van der Waals surface area contributed by atoms with E-state index in [0.717, 1.165) is 26.2 Å². The third-order valence-corrected chi connectivity index (χ3v) is 3.56. The molecule has 0 amide bonds. The molecule has 1 fully saturated rings. The molecule has 0 aliphatic carbocycles. The van der Waals surface area contributed by atoms with Gasteiger partial charge < -0.3 is 14.5 Å². The first-order chi connectivity index (χ1) is 9.51. The molecule has 1 aliphatic heterocycles. The second-order valence-corrected chi connectivity index (χ2v) is 5.00. The van der Waals surface area contributed by atoms with Crippen molar-refractivity contribution in [3.63, 3.8) is 0 Å². The molecule has 0 aromatic carbocycles. The van der Waals surface area contributed by atoms with Crippen molar-refractivity contribution in [2.75, 3.05) is 45.2 Å². The van der Waals surface area contributed by atoms with Crippen LogP contribution in [0, 0.1) is 6.92 Å². The van der Waals surface area contributed by atoms with Crippen LogP contribution in [0.3, 0.4) is 0 Å². The van der Waals surface area contributed by atoms with Crippen LogP contribution in [0.5, 0.6) is 0 Å². The van der Waals surface area contributed by atoms with Gasteiger partial charge in [0.05, 0.1) is 19.2 Å². The fourth-order valence-electron chi connectivity index (χ4n) is 2.19. The first kappa shape index (κ1) is 14.5. The number of nitrogens with zero attached hydrogens (tertiary/aromatic N) is 3.